The third-order valence-corrected chi connectivity index (χ3v) is 4.00. The summed E-state index contributed by atoms with van der Waals surface area (Å²) >= 11 is 5.66. The fraction of sp³-hybridized carbons (Fsp3) is 0.533. The molecule has 0 spiro atoms. The van der Waals surface area contributed by atoms with Crippen LogP contribution in [0.3, 0.4) is 0 Å². The lowest BCUT2D eigenvalue weighted by atomic mass is 10.1. The highest BCUT2D eigenvalue weighted by molar-refractivity contribution is 6.30. The number of rotatable bonds is 5. The molecule has 1 heterocycles. The molecule has 1 unspecified atom stereocenters. The standard InChI is InChI=1S/C15H20ClFN2O/c1-11(12-4-5-13(16)14(17)10-12)18-7-6-15(20)19-8-2-3-9-19/h4-5,10-11,18H,2-3,6-9H2,1H3. The molecular weight excluding hydrogens is 279 g/mol. The minimum Gasteiger partial charge on any atom is -0.343 e. The lowest BCUT2D eigenvalue weighted by molar-refractivity contribution is -0.130. The van der Waals surface area contributed by atoms with Gasteiger partial charge in [0, 0.05) is 32.1 Å². The zero-order valence-electron chi connectivity index (χ0n) is 11.7. The molecule has 1 fully saturated rings. The van der Waals surface area contributed by atoms with Crippen molar-refractivity contribution < 1.29 is 9.18 Å². The van der Waals surface area contributed by atoms with Crippen molar-refractivity contribution in [1.82, 2.24) is 10.2 Å². The minimum atomic E-state index is -0.411. The number of carbonyl (C=O) groups excluding carboxylic acids is 1. The second kappa shape index (κ2) is 7.04. The van der Waals surface area contributed by atoms with Gasteiger partial charge in [0.05, 0.1) is 5.02 Å². The number of hydrogen-bond donors (Lipinski definition) is 1. The monoisotopic (exact) mass is 298 g/mol. The van der Waals surface area contributed by atoms with E-state index in [-0.39, 0.29) is 17.0 Å². The van der Waals surface area contributed by atoms with Crippen LogP contribution in [0.25, 0.3) is 0 Å². The Hall–Kier alpha value is -1.13. The topological polar surface area (TPSA) is 32.3 Å². The molecule has 1 saturated heterocycles. The summed E-state index contributed by atoms with van der Waals surface area (Å²) in [6.45, 7) is 4.32. The predicted molar refractivity (Wildman–Crippen MR) is 78.3 cm³/mol. The first-order valence-corrected chi connectivity index (χ1v) is 7.42. The Morgan fingerprint density at radius 1 is 1.45 bits per heavy atom. The first-order valence-electron chi connectivity index (χ1n) is 7.04. The van der Waals surface area contributed by atoms with Crippen LogP contribution < -0.4 is 5.32 Å². The van der Waals surface area contributed by atoms with E-state index in [4.69, 9.17) is 11.6 Å². The summed E-state index contributed by atoms with van der Waals surface area (Å²) in [5, 5.41) is 3.37. The van der Waals surface area contributed by atoms with Crippen molar-refractivity contribution in [2.75, 3.05) is 19.6 Å². The van der Waals surface area contributed by atoms with Crippen molar-refractivity contribution in [3.05, 3.63) is 34.6 Å². The van der Waals surface area contributed by atoms with Gasteiger partial charge in [-0.1, -0.05) is 17.7 Å². The second-order valence-electron chi connectivity index (χ2n) is 5.19. The number of halogens is 2. The van der Waals surface area contributed by atoms with Gasteiger partial charge in [0.15, 0.2) is 0 Å². The zero-order chi connectivity index (χ0) is 14.5. The fourth-order valence-electron chi connectivity index (χ4n) is 2.42. The van der Waals surface area contributed by atoms with Crippen molar-refractivity contribution in [1.29, 1.82) is 0 Å². The van der Waals surface area contributed by atoms with E-state index in [1.54, 1.807) is 12.1 Å². The summed E-state index contributed by atoms with van der Waals surface area (Å²) < 4.78 is 13.4. The molecule has 1 N–H and O–H groups in total. The number of nitrogens with zero attached hydrogens (tertiary/aromatic N) is 1. The average Bonchev–Trinajstić information content (AvgIpc) is 2.95. The molecule has 20 heavy (non-hydrogen) atoms. The fourth-order valence-corrected chi connectivity index (χ4v) is 2.54. The van der Waals surface area contributed by atoms with Crippen molar-refractivity contribution in [2.24, 2.45) is 0 Å². The van der Waals surface area contributed by atoms with Gasteiger partial charge in [0.2, 0.25) is 5.91 Å². The summed E-state index contributed by atoms with van der Waals surface area (Å²) in [6, 6.07) is 4.78. The summed E-state index contributed by atoms with van der Waals surface area (Å²) in [5.74, 6) is -0.213. The first kappa shape index (κ1) is 15.3. The largest absolute Gasteiger partial charge is 0.343 e. The minimum absolute atomic E-state index is 0.00635. The highest BCUT2D eigenvalue weighted by Crippen LogP contribution is 2.20. The van der Waals surface area contributed by atoms with Gasteiger partial charge in [0.25, 0.3) is 0 Å². The predicted octanol–water partition coefficient (Wildman–Crippen LogP) is 3.14. The molecule has 110 valence electrons. The zero-order valence-corrected chi connectivity index (χ0v) is 12.4. The van der Waals surface area contributed by atoms with E-state index in [0.717, 1.165) is 31.5 Å². The first-order chi connectivity index (χ1) is 9.58. The van der Waals surface area contributed by atoms with Crippen LogP contribution in [0.15, 0.2) is 18.2 Å². The molecule has 0 saturated carbocycles. The normalized spacial score (nSPS) is 16.4. The molecule has 1 amide bonds. The summed E-state index contributed by atoms with van der Waals surface area (Å²) in [7, 11) is 0. The molecule has 3 nitrogen and oxygen atoms in total. The molecule has 1 atom stereocenters. The van der Waals surface area contributed by atoms with Crippen molar-refractivity contribution in [2.45, 2.75) is 32.2 Å². The Balaban J connectivity index is 1.78. The Kier molecular flexibility index (Phi) is 5.38. The van der Waals surface area contributed by atoms with E-state index < -0.39 is 5.82 Å². The number of hydrogen-bond acceptors (Lipinski definition) is 2. The molecule has 1 aromatic carbocycles. The quantitative estimate of drug-likeness (QED) is 0.906. The lowest BCUT2D eigenvalue weighted by Gasteiger charge is -2.17. The molecule has 1 aliphatic rings. The third kappa shape index (κ3) is 3.93. The van der Waals surface area contributed by atoms with Gasteiger partial charge < -0.3 is 10.2 Å². The van der Waals surface area contributed by atoms with E-state index in [1.807, 2.05) is 11.8 Å². The van der Waals surface area contributed by atoms with Crippen LogP contribution in [0, 0.1) is 5.82 Å². The van der Waals surface area contributed by atoms with E-state index in [0.29, 0.717) is 13.0 Å². The number of carbonyl (C=O) groups is 1. The number of likely N-dealkylation sites (tertiary alicyclic amines) is 1. The molecule has 2 rings (SSSR count). The Bertz CT molecular complexity index is 475. The van der Waals surface area contributed by atoms with Crippen molar-refractivity contribution >= 4 is 17.5 Å². The molecule has 0 aromatic heterocycles. The number of nitrogens with one attached hydrogen (secondary N) is 1. The van der Waals surface area contributed by atoms with E-state index in [2.05, 4.69) is 5.32 Å². The maximum atomic E-state index is 13.4. The smallest absolute Gasteiger partial charge is 0.223 e. The SMILES string of the molecule is CC(NCCC(=O)N1CCCC1)c1ccc(Cl)c(F)c1. The second-order valence-corrected chi connectivity index (χ2v) is 5.59. The van der Waals surface area contributed by atoms with E-state index >= 15 is 0 Å². The van der Waals surface area contributed by atoms with Crippen LogP contribution >= 0.6 is 11.6 Å². The van der Waals surface area contributed by atoms with E-state index in [1.165, 1.54) is 6.07 Å². The molecule has 1 aliphatic heterocycles. The Morgan fingerprint density at radius 3 is 2.80 bits per heavy atom. The number of amides is 1. The molecule has 0 radical (unpaired) electrons. The van der Waals surface area contributed by atoms with E-state index in [9.17, 15) is 9.18 Å². The Morgan fingerprint density at radius 2 is 2.15 bits per heavy atom. The van der Waals surface area contributed by atoms with Gasteiger partial charge in [-0.15, -0.1) is 0 Å². The van der Waals surface area contributed by atoms with Crippen LogP contribution in [-0.4, -0.2) is 30.4 Å². The molecule has 0 aliphatic carbocycles. The van der Waals surface area contributed by atoms with Crippen LogP contribution in [0.4, 0.5) is 4.39 Å². The van der Waals surface area contributed by atoms with Crippen LogP contribution in [0.5, 0.6) is 0 Å². The highest BCUT2D eigenvalue weighted by Gasteiger charge is 2.17. The molecular formula is C15H20ClFN2O. The number of benzene rings is 1. The van der Waals surface area contributed by atoms with Crippen LogP contribution in [0.1, 0.15) is 37.8 Å². The molecule has 1 aromatic rings. The molecule has 0 bridgehead atoms. The van der Waals surface area contributed by atoms with Gasteiger partial charge >= 0.3 is 0 Å². The highest BCUT2D eigenvalue weighted by atomic mass is 35.5. The van der Waals surface area contributed by atoms with Crippen molar-refractivity contribution in [3.8, 4) is 0 Å². The summed E-state index contributed by atoms with van der Waals surface area (Å²) in [4.78, 5) is 13.8. The maximum absolute atomic E-state index is 13.4. The van der Waals surface area contributed by atoms with Crippen molar-refractivity contribution in [3.63, 3.8) is 0 Å². The van der Waals surface area contributed by atoms with Gasteiger partial charge in [0.1, 0.15) is 5.82 Å². The van der Waals surface area contributed by atoms with Crippen LogP contribution in [0.2, 0.25) is 5.02 Å². The van der Waals surface area contributed by atoms with Gasteiger partial charge in [-0.2, -0.15) is 0 Å². The average molecular weight is 299 g/mol. The lowest BCUT2D eigenvalue weighted by Crippen LogP contribution is -2.31. The van der Waals surface area contributed by atoms with Gasteiger partial charge in [-0.05, 0) is 37.5 Å². The maximum Gasteiger partial charge on any atom is 0.223 e. The summed E-state index contributed by atoms with van der Waals surface area (Å²) in [6.07, 6.45) is 2.71. The van der Waals surface area contributed by atoms with Crippen LogP contribution in [-0.2, 0) is 4.79 Å². The van der Waals surface area contributed by atoms with Gasteiger partial charge in [-0.3, -0.25) is 4.79 Å². The summed E-state index contributed by atoms with van der Waals surface area (Å²) in [5.41, 5.74) is 0.834. The third-order valence-electron chi connectivity index (χ3n) is 3.69. The Labute approximate surface area is 124 Å². The van der Waals surface area contributed by atoms with Gasteiger partial charge in [-0.25, -0.2) is 4.39 Å². The molecule has 5 heteroatoms.